The molecule has 0 saturated carbocycles. The van der Waals surface area contributed by atoms with Gasteiger partial charge in [0.05, 0.1) is 19.8 Å². The number of hydrogen-bond acceptors (Lipinski definition) is 7. The monoisotopic (exact) mass is 749 g/mol. The molecular weight excluding hydrogens is 687 g/mol. The van der Waals surface area contributed by atoms with Gasteiger partial charge in [0.2, 0.25) is 0 Å². The second-order valence-electron chi connectivity index (χ2n) is 17.5. The van der Waals surface area contributed by atoms with Crippen LogP contribution in [0.3, 0.4) is 0 Å². The third kappa shape index (κ3) is 10.7. The number of alkyl carbamates (subject to hydrolysis) is 1. The van der Waals surface area contributed by atoms with Crippen molar-refractivity contribution in [3.63, 3.8) is 0 Å². The van der Waals surface area contributed by atoms with Crippen LogP contribution in [0.5, 0.6) is 0 Å². The van der Waals surface area contributed by atoms with Crippen molar-refractivity contribution in [2.45, 2.75) is 128 Å². The normalized spacial score (nSPS) is 15.0. The summed E-state index contributed by atoms with van der Waals surface area (Å²) in [4.78, 5) is 27.8. The standard InChI is InChI=1S/C42H63NO7Si2/c1-39(2,3)48-38(45)43-34(35(49-51(11,12)40(4,5)6)36(37(44)46-10)50-52(13,14)41(7,8)9)30-47-42(31-24-18-15-19-25-31,32-26-20-16-21-27-32)33-28-22-17-23-29-33/h15-29,34-36H,30H2,1-14H3,(H,43,45)/t34-,35-,36+/m1/s1. The Labute approximate surface area is 315 Å². The van der Waals surface area contributed by atoms with Gasteiger partial charge in [-0.15, -0.1) is 0 Å². The highest BCUT2D eigenvalue weighted by atomic mass is 28.4. The summed E-state index contributed by atoms with van der Waals surface area (Å²) in [5.41, 5.74) is 0.791. The number of esters is 1. The maximum Gasteiger partial charge on any atom is 0.408 e. The van der Waals surface area contributed by atoms with Crippen LogP contribution in [0.15, 0.2) is 91.0 Å². The van der Waals surface area contributed by atoms with Gasteiger partial charge < -0.3 is 28.4 Å². The molecule has 0 bridgehead atoms. The van der Waals surface area contributed by atoms with E-state index < -0.39 is 58.1 Å². The minimum absolute atomic E-state index is 0.0778. The van der Waals surface area contributed by atoms with Crippen LogP contribution in [0.1, 0.15) is 79.0 Å². The fourth-order valence-electron chi connectivity index (χ4n) is 5.39. The molecule has 0 fully saturated rings. The van der Waals surface area contributed by atoms with E-state index in [0.29, 0.717) is 0 Å². The van der Waals surface area contributed by atoms with Crippen molar-refractivity contribution in [3.8, 4) is 0 Å². The quantitative estimate of drug-likeness (QED) is 0.0997. The van der Waals surface area contributed by atoms with E-state index in [0.717, 1.165) is 16.7 Å². The van der Waals surface area contributed by atoms with Crippen LogP contribution in [0.4, 0.5) is 4.79 Å². The van der Waals surface area contributed by atoms with Gasteiger partial charge in [0.25, 0.3) is 0 Å². The Kier molecular flexibility index (Phi) is 13.9. The number of carbonyl (C=O) groups excluding carboxylic acids is 2. The molecule has 0 unspecified atom stereocenters. The van der Waals surface area contributed by atoms with Crippen LogP contribution in [-0.2, 0) is 33.5 Å². The second-order valence-corrected chi connectivity index (χ2v) is 27.0. The molecule has 3 aromatic rings. The molecule has 1 amide bonds. The van der Waals surface area contributed by atoms with Crippen molar-refractivity contribution in [2.75, 3.05) is 13.7 Å². The highest BCUT2D eigenvalue weighted by Gasteiger charge is 2.51. The van der Waals surface area contributed by atoms with E-state index in [1.54, 1.807) is 0 Å². The Morgan fingerprint density at radius 1 is 0.635 bits per heavy atom. The Balaban J connectivity index is 2.35. The predicted octanol–water partition coefficient (Wildman–Crippen LogP) is 9.84. The maximum atomic E-state index is 14.0. The largest absolute Gasteiger partial charge is 0.467 e. The highest BCUT2D eigenvalue weighted by molar-refractivity contribution is 6.74. The molecule has 10 heteroatoms. The third-order valence-corrected chi connectivity index (χ3v) is 19.2. The molecule has 3 atom stereocenters. The van der Waals surface area contributed by atoms with Crippen molar-refractivity contribution in [1.29, 1.82) is 0 Å². The van der Waals surface area contributed by atoms with Gasteiger partial charge in [-0.05, 0) is 73.7 Å². The Morgan fingerprint density at radius 3 is 1.37 bits per heavy atom. The Morgan fingerprint density at radius 2 is 1.02 bits per heavy atom. The Bertz CT molecular complexity index is 1480. The summed E-state index contributed by atoms with van der Waals surface area (Å²) in [6.45, 7) is 26.5. The average Bonchev–Trinajstić information content (AvgIpc) is 3.05. The molecule has 0 radical (unpaired) electrons. The van der Waals surface area contributed by atoms with E-state index in [2.05, 4.69) is 73.0 Å². The minimum atomic E-state index is -2.66. The van der Waals surface area contributed by atoms with Gasteiger partial charge in [0, 0.05) is 0 Å². The van der Waals surface area contributed by atoms with Gasteiger partial charge in [-0.25, -0.2) is 9.59 Å². The van der Waals surface area contributed by atoms with E-state index in [-0.39, 0.29) is 16.7 Å². The number of benzene rings is 3. The number of rotatable bonds is 14. The second kappa shape index (κ2) is 16.8. The first-order chi connectivity index (χ1) is 23.9. The molecule has 0 aliphatic heterocycles. The number of ether oxygens (including phenoxy) is 3. The summed E-state index contributed by atoms with van der Waals surface area (Å²) in [6, 6.07) is 29.1. The summed E-state index contributed by atoms with van der Waals surface area (Å²) >= 11 is 0. The molecule has 0 aromatic heterocycles. The van der Waals surface area contributed by atoms with Crippen LogP contribution in [0.2, 0.25) is 36.3 Å². The number of nitrogens with one attached hydrogen (secondary N) is 1. The third-order valence-electron chi connectivity index (χ3n) is 10.3. The van der Waals surface area contributed by atoms with Crippen molar-refractivity contribution in [3.05, 3.63) is 108 Å². The molecule has 8 nitrogen and oxygen atoms in total. The lowest BCUT2D eigenvalue weighted by atomic mass is 9.80. The van der Waals surface area contributed by atoms with Crippen molar-refractivity contribution in [2.24, 2.45) is 0 Å². The van der Waals surface area contributed by atoms with E-state index in [9.17, 15) is 9.59 Å². The predicted molar refractivity (Wildman–Crippen MR) is 214 cm³/mol. The molecule has 0 aliphatic carbocycles. The van der Waals surface area contributed by atoms with E-state index in [4.69, 9.17) is 23.1 Å². The van der Waals surface area contributed by atoms with Crippen LogP contribution >= 0.6 is 0 Å². The lowest BCUT2D eigenvalue weighted by molar-refractivity contribution is -0.156. The first-order valence-electron chi connectivity index (χ1n) is 18.2. The summed E-state index contributed by atoms with van der Waals surface area (Å²) in [5, 5.41) is 2.61. The highest BCUT2D eigenvalue weighted by Crippen LogP contribution is 2.43. The topological polar surface area (TPSA) is 92.3 Å². The molecule has 0 aliphatic rings. The molecular formula is C42H63NO7Si2. The average molecular weight is 750 g/mol. The first-order valence-corrected chi connectivity index (χ1v) is 24.0. The van der Waals surface area contributed by atoms with Gasteiger partial charge in [0.15, 0.2) is 22.7 Å². The van der Waals surface area contributed by atoms with Gasteiger partial charge in [0.1, 0.15) is 17.3 Å². The van der Waals surface area contributed by atoms with Gasteiger partial charge >= 0.3 is 12.1 Å². The summed E-state index contributed by atoms with van der Waals surface area (Å²) in [6.07, 6.45) is -2.84. The van der Waals surface area contributed by atoms with E-state index in [1.165, 1.54) is 7.11 Å². The molecule has 0 heterocycles. The summed E-state index contributed by atoms with van der Waals surface area (Å²) in [5.74, 6) is -0.579. The van der Waals surface area contributed by atoms with Crippen molar-refractivity contribution in [1.82, 2.24) is 5.32 Å². The molecule has 1 N–H and O–H groups in total. The zero-order chi connectivity index (χ0) is 39.2. The van der Waals surface area contributed by atoms with Crippen LogP contribution in [0, 0.1) is 0 Å². The smallest absolute Gasteiger partial charge is 0.408 e. The lowest BCUT2D eigenvalue weighted by Crippen LogP contribution is -2.62. The van der Waals surface area contributed by atoms with E-state index in [1.807, 2.05) is 112 Å². The molecule has 3 rings (SSSR count). The van der Waals surface area contributed by atoms with Crippen molar-refractivity contribution < 1.29 is 32.7 Å². The molecule has 0 saturated heterocycles. The summed E-state index contributed by atoms with van der Waals surface area (Å²) < 4.78 is 32.7. The number of amides is 1. The van der Waals surface area contributed by atoms with Gasteiger partial charge in [-0.1, -0.05) is 133 Å². The maximum absolute atomic E-state index is 14.0. The SMILES string of the molecule is COC(=O)[C@@H](O[Si](C)(C)C(C)(C)C)[C@H](O[Si](C)(C)C(C)(C)C)[C@@H](COC(c1ccccc1)(c1ccccc1)c1ccccc1)NC(=O)OC(C)(C)C. The zero-order valence-electron chi connectivity index (χ0n) is 34.0. The minimum Gasteiger partial charge on any atom is -0.467 e. The zero-order valence-corrected chi connectivity index (χ0v) is 36.0. The van der Waals surface area contributed by atoms with Crippen LogP contribution in [-0.4, -0.2) is 66.3 Å². The first kappa shape index (κ1) is 43.1. The number of hydrogen-bond donors (Lipinski definition) is 1. The van der Waals surface area contributed by atoms with Crippen LogP contribution in [0.25, 0.3) is 0 Å². The lowest BCUT2D eigenvalue weighted by Gasteiger charge is -2.46. The molecule has 0 spiro atoms. The number of methoxy groups -OCH3 is 1. The van der Waals surface area contributed by atoms with E-state index >= 15 is 0 Å². The van der Waals surface area contributed by atoms with Gasteiger partial charge in [-0.2, -0.15) is 0 Å². The van der Waals surface area contributed by atoms with Gasteiger partial charge in [-0.3, -0.25) is 0 Å². The summed E-state index contributed by atoms with van der Waals surface area (Å²) in [7, 11) is -3.93. The number of carbonyl (C=O) groups is 2. The fraction of sp³-hybridized carbons (Fsp3) is 0.524. The molecule has 3 aromatic carbocycles. The molecule has 52 heavy (non-hydrogen) atoms. The van der Waals surface area contributed by atoms with Crippen molar-refractivity contribution >= 4 is 28.7 Å². The van der Waals surface area contributed by atoms with Crippen LogP contribution < -0.4 is 5.32 Å². The Hall–Kier alpha value is -3.29. The fourth-order valence-corrected chi connectivity index (χ4v) is 7.93. The molecule has 286 valence electrons.